The molecule has 0 fully saturated rings. The van der Waals surface area contributed by atoms with Crippen LogP contribution >= 0.6 is 11.6 Å². The first-order chi connectivity index (χ1) is 8.81. The first-order valence-electron chi connectivity index (χ1n) is 6.38. The number of anilines is 1. The average molecular weight is 283 g/mol. The molecule has 0 aromatic heterocycles. The van der Waals surface area contributed by atoms with Crippen LogP contribution in [-0.2, 0) is 4.79 Å². The van der Waals surface area contributed by atoms with E-state index in [1.165, 1.54) is 0 Å². The Morgan fingerprint density at radius 1 is 1.47 bits per heavy atom. The van der Waals surface area contributed by atoms with Gasteiger partial charge in [0.05, 0.1) is 5.69 Å². The number of ether oxygens (including phenoxy) is 1. The van der Waals surface area contributed by atoms with Crippen molar-refractivity contribution in [3.05, 3.63) is 23.2 Å². The average Bonchev–Trinajstić information content (AvgIpc) is 2.31. The summed E-state index contributed by atoms with van der Waals surface area (Å²) in [6.45, 7) is 6.14. The predicted octanol–water partition coefficient (Wildman–Crippen LogP) is 2.58. The molecule has 1 aromatic carbocycles. The summed E-state index contributed by atoms with van der Waals surface area (Å²) in [5.74, 6) is 0.621. The number of halogens is 1. The van der Waals surface area contributed by atoms with Crippen molar-refractivity contribution in [1.82, 2.24) is 0 Å². The summed E-state index contributed by atoms with van der Waals surface area (Å²) in [7, 11) is 0. The van der Waals surface area contributed by atoms with E-state index in [9.17, 15) is 4.79 Å². The smallest absolute Gasteiger partial charge is 0.268 e. The Hall–Kier alpha value is -1.26. The number of nitrogens with zero attached hydrogens (tertiary/aromatic N) is 1. The summed E-state index contributed by atoms with van der Waals surface area (Å²) >= 11 is 6.01. The Bertz CT molecular complexity index is 497. The highest BCUT2D eigenvalue weighted by Gasteiger charge is 2.35. The third-order valence-electron chi connectivity index (χ3n) is 2.96. The van der Waals surface area contributed by atoms with Gasteiger partial charge >= 0.3 is 0 Å². The fraction of sp³-hybridized carbons (Fsp3) is 0.500. The van der Waals surface area contributed by atoms with Crippen LogP contribution in [-0.4, -0.2) is 24.1 Å². The third-order valence-corrected chi connectivity index (χ3v) is 3.19. The summed E-state index contributed by atoms with van der Waals surface area (Å²) in [5, 5.41) is 0.574. The van der Waals surface area contributed by atoms with Crippen LogP contribution in [0, 0.1) is 0 Å². The summed E-state index contributed by atoms with van der Waals surface area (Å²) < 4.78 is 5.70. The minimum Gasteiger partial charge on any atom is -0.478 e. The second kappa shape index (κ2) is 5.02. The normalized spacial score (nSPS) is 19.1. The van der Waals surface area contributed by atoms with Gasteiger partial charge in [0, 0.05) is 17.1 Å². The van der Waals surface area contributed by atoms with E-state index in [0.29, 0.717) is 29.4 Å². The highest BCUT2D eigenvalue weighted by Crippen LogP contribution is 2.37. The van der Waals surface area contributed by atoms with Gasteiger partial charge in [0.15, 0.2) is 6.10 Å². The van der Waals surface area contributed by atoms with Crippen LogP contribution in [0.4, 0.5) is 5.69 Å². The quantitative estimate of drug-likeness (QED) is 0.927. The Balaban J connectivity index is 2.44. The maximum Gasteiger partial charge on any atom is 0.268 e. The van der Waals surface area contributed by atoms with Gasteiger partial charge in [-0.3, -0.25) is 4.79 Å². The van der Waals surface area contributed by atoms with Crippen LogP contribution < -0.4 is 15.4 Å². The molecule has 2 N–H and O–H groups in total. The van der Waals surface area contributed by atoms with Gasteiger partial charge in [0.1, 0.15) is 5.75 Å². The number of hydrogen-bond acceptors (Lipinski definition) is 3. The predicted molar refractivity (Wildman–Crippen MR) is 76.8 cm³/mol. The summed E-state index contributed by atoms with van der Waals surface area (Å²) in [6.07, 6.45) is 0.179. The van der Waals surface area contributed by atoms with E-state index in [4.69, 9.17) is 22.1 Å². The van der Waals surface area contributed by atoms with Crippen molar-refractivity contribution in [3.8, 4) is 5.75 Å². The molecule has 4 nitrogen and oxygen atoms in total. The molecule has 0 aliphatic carbocycles. The molecule has 5 heteroatoms. The zero-order chi connectivity index (χ0) is 14.2. The number of amides is 1. The van der Waals surface area contributed by atoms with Crippen molar-refractivity contribution >= 4 is 23.2 Å². The van der Waals surface area contributed by atoms with E-state index in [1.807, 2.05) is 20.8 Å². The SMILES string of the molecule is CCC1Oc2ccc(Cl)cc2N(CC(C)(C)N)C1=O. The van der Waals surface area contributed by atoms with E-state index in [2.05, 4.69) is 0 Å². The Labute approximate surface area is 118 Å². The monoisotopic (exact) mass is 282 g/mol. The van der Waals surface area contributed by atoms with Gasteiger partial charge in [-0.1, -0.05) is 18.5 Å². The van der Waals surface area contributed by atoms with E-state index in [1.54, 1.807) is 23.1 Å². The summed E-state index contributed by atoms with van der Waals surface area (Å²) in [5.41, 5.74) is 6.26. The van der Waals surface area contributed by atoms with E-state index in [-0.39, 0.29) is 5.91 Å². The molecule has 1 heterocycles. The van der Waals surface area contributed by atoms with Gasteiger partial charge in [-0.05, 0) is 38.5 Å². The lowest BCUT2D eigenvalue weighted by molar-refractivity contribution is -0.126. The molecule has 1 atom stereocenters. The molecule has 0 saturated heterocycles. The van der Waals surface area contributed by atoms with Gasteiger partial charge in [-0.25, -0.2) is 0 Å². The first kappa shape index (κ1) is 14.2. The minimum atomic E-state index is -0.481. The Morgan fingerprint density at radius 3 is 2.74 bits per heavy atom. The highest BCUT2D eigenvalue weighted by molar-refractivity contribution is 6.31. The number of rotatable bonds is 3. The molecule has 0 spiro atoms. The molecular formula is C14H19ClN2O2. The fourth-order valence-corrected chi connectivity index (χ4v) is 2.29. The standard InChI is InChI=1S/C14H19ClN2O2/c1-4-11-13(18)17(8-14(2,3)16)10-7-9(15)5-6-12(10)19-11/h5-7,11H,4,8,16H2,1-3H3. The zero-order valence-corrected chi connectivity index (χ0v) is 12.2. The largest absolute Gasteiger partial charge is 0.478 e. The molecule has 1 unspecified atom stereocenters. The number of benzene rings is 1. The van der Waals surface area contributed by atoms with Crippen LogP contribution in [0.5, 0.6) is 5.75 Å². The molecule has 1 amide bonds. The van der Waals surface area contributed by atoms with Crippen LogP contribution in [0.25, 0.3) is 0 Å². The molecule has 0 saturated carbocycles. The molecule has 1 aliphatic rings. The maximum atomic E-state index is 12.4. The topological polar surface area (TPSA) is 55.6 Å². The highest BCUT2D eigenvalue weighted by atomic mass is 35.5. The molecular weight excluding hydrogens is 264 g/mol. The van der Waals surface area contributed by atoms with Gasteiger partial charge < -0.3 is 15.4 Å². The summed E-state index contributed by atoms with van der Waals surface area (Å²) in [6, 6.07) is 5.30. The van der Waals surface area contributed by atoms with Crippen LogP contribution in [0.3, 0.4) is 0 Å². The summed E-state index contributed by atoms with van der Waals surface area (Å²) in [4.78, 5) is 14.1. The minimum absolute atomic E-state index is 0.0595. The number of fused-ring (bicyclic) bond motifs is 1. The van der Waals surface area contributed by atoms with Gasteiger partial charge in [-0.2, -0.15) is 0 Å². The van der Waals surface area contributed by atoms with Crippen LogP contribution in [0.15, 0.2) is 18.2 Å². The molecule has 0 bridgehead atoms. The lowest BCUT2D eigenvalue weighted by Crippen LogP contribution is -2.53. The molecule has 1 aromatic rings. The lowest BCUT2D eigenvalue weighted by atomic mass is 10.0. The molecule has 1 aliphatic heterocycles. The Morgan fingerprint density at radius 2 is 2.16 bits per heavy atom. The van der Waals surface area contributed by atoms with Crippen LogP contribution in [0.2, 0.25) is 5.02 Å². The van der Waals surface area contributed by atoms with Gasteiger partial charge in [0.25, 0.3) is 5.91 Å². The van der Waals surface area contributed by atoms with Gasteiger partial charge in [0.2, 0.25) is 0 Å². The van der Waals surface area contributed by atoms with Crippen molar-refractivity contribution in [2.24, 2.45) is 5.73 Å². The molecule has 2 rings (SSSR count). The molecule has 104 valence electrons. The van der Waals surface area contributed by atoms with Crippen molar-refractivity contribution in [2.45, 2.75) is 38.8 Å². The maximum absolute atomic E-state index is 12.4. The molecule has 19 heavy (non-hydrogen) atoms. The second-order valence-electron chi connectivity index (χ2n) is 5.54. The van der Waals surface area contributed by atoms with E-state index in [0.717, 1.165) is 0 Å². The third kappa shape index (κ3) is 3.01. The van der Waals surface area contributed by atoms with E-state index < -0.39 is 11.6 Å². The van der Waals surface area contributed by atoms with Crippen LogP contribution in [0.1, 0.15) is 27.2 Å². The van der Waals surface area contributed by atoms with Gasteiger partial charge in [-0.15, -0.1) is 0 Å². The zero-order valence-electron chi connectivity index (χ0n) is 11.4. The van der Waals surface area contributed by atoms with E-state index >= 15 is 0 Å². The fourth-order valence-electron chi connectivity index (χ4n) is 2.13. The van der Waals surface area contributed by atoms with Crippen molar-refractivity contribution in [1.29, 1.82) is 0 Å². The van der Waals surface area contributed by atoms with Crippen molar-refractivity contribution in [2.75, 3.05) is 11.4 Å². The first-order valence-corrected chi connectivity index (χ1v) is 6.76. The second-order valence-corrected chi connectivity index (χ2v) is 5.98. The Kier molecular flexibility index (Phi) is 3.74. The number of carbonyl (C=O) groups excluding carboxylic acids is 1. The lowest BCUT2D eigenvalue weighted by Gasteiger charge is -2.37. The number of nitrogens with two attached hydrogens (primary N) is 1. The molecule has 0 radical (unpaired) electrons. The van der Waals surface area contributed by atoms with Crippen molar-refractivity contribution < 1.29 is 9.53 Å². The number of carbonyl (C=O) groups is 1. The number of hydrogen-bond donors (Lipinski definition) is 1. The van der Waals surface area contributed by atoms with Crippen molar-refractivity contribution in [3.63, 3.8) is 0 Å².